The van der Waals surface area contributed by atoms with Gasteiger partial charge in [0.05, 0.1) is 0 Å². The molecule has 148 valence electrons. The summed E-state index contributed by atoms with van der Waals surface area (Å²) in [5, 5.41) is 0. The number of nitrogens with zero attached hydrogens (tertiary/aromatic N) is 2. The lowest BCUT2D eigenvalue weighted by molar-refractivity contribution is -0.119. The van der Waals surface area contributed by atoms with Crippen molar-refractivity contribution >= 4 is 17.7 Å². The Balaban J connectivity index is 1.63. The second kappa shape index (κ2) is 9.40. The number of hydrogen-bond donors (Lipinski definition) is 0. The third-order valence-corrected chi connectivity index (χ3v) is 5.26. The Bertz CT molecular complexity index is 779. The van der Waals surface area contributed by atoms with Gasteiger partial charge in [0, 0.05) is 31.2 Å². The predicted octanol–water partition coefficient (Wildman–Crippen LogP) is 4.48. The molecule has 0 unspecified atom stereocenters. The van der Waals surface area contributed by atoms with Gasteiger partial charge >= 0.3 is 6.09 Å². The molecule has 5 nitrogen and oxygen atoms in total. The molecule has 0 radical (unpaired) electrons. The quantitative estimate of drug-likeness (QED) is 0.769. The fraction of sp³-hybridized carbons (Fsp3) is 0.391. The zero-order valence-corrected chi connectivity index (χ0v) is 16.6. The van der Waals surface area contributed by atoms with Gasteiger partial charge in [0.25, 0.3) is 0 Å². The summed E-state index contributed by atoms with van der Waals surface area (Å²) in [4.78, 5) is 28.8. The van der Waals surface area contributed by atoms with Crippen LogP contribution in [0.15, 0.2) is 60.7 Å². The van der Waals surface area contributed by atoms with Gasteiger partial charge in [-0.25, -0.2) is 4.79 Å². The number of hydrogen-bond acceptors (Lipinski definition) is 3. The van der Waals surface area contributed by atoms with Crippen molar-refractivity contribution in [3.8, 4) is 0 Å². The van der Waals surface area contributed by atoms with E-state index >= 15 is 0 Å². The van der Waals surface area contributed by atoms with Crippen molar-refractivity contribution in [3.63, 3.8) is 0 Å². The number of likely N-dealkylation sites (tertiary alicyclic amines) is 1. The molecule has 2 aromatic carbocycles. The molecule has 0 saturated carbocycles. The number of carbonyl (C=O) groups excluding carboxylic acids is 2. The molecule has 28 heavy (non-hydrogen) atoms. The fourth-order valence-corrected chi connectivity index (χ4v) is 3.77. The van der Waals surface area contributed by atoms with Gasteiger partial charge in [0.15, 0.2) is 0 Å². The van der Waals surface area contributed by atoms with Crippen molar-refractivity contribution in [1.29, 1.82) is 0 Å². The van der Waals surface area contributed by atoms with Crippen LogP contribution in [0.4, 0.5) is 10.5 Å². The minimum atomic E-state index is -0.290. The number of anilines is 1. The summed E-state index contributed by atoms with van der Waals surface area (Å²) in [6, 6.07) is 19.6. The van der Waals surface area contributed by atoms with E-state index in [2.05, 4.69) is 6.92 Å². The molecule has 0 bridgehead atoms. The molecule has 3 rings (SSSR count). The third-order valence-electron chi connectivity index (χ3n) is 5.26. The van der Waals surface area contributed by atoms with E-state index in [1.807, 2.05) is 72.5 Å². The highest BCUT2D eigenvalue weighted by Gasteiger charge is 2.35. The molecule has 0 aromatic heterocycles. The predicted molar refractivity (Wildman–Crippen MR) is 110 cm³/mol. The molecule has 0 N–H and O–H groups in total. The Kier molecular flexibility index (Phi) is 6.69. The Morgan fingerprint density at radius 2 is 1.71 bits per heavy atom. The van der Waals surface area contributed by atoms with Gasteiger partial charge in [-0.1, -0.05) is 62.4 Å². The van der Waals surface area contributed by atoms with Crippen LogP contribution in [0.3, 0.4) is 0 Å². The molecule has 2 atom stereocenters. The Morgan fingerprint density at radius 3 is 2.32 bits per heavy atom. The highest BCUT2D eigenvalue weighted by atomic mass is 16.6. The highest BCUT2D eigenvalue weighted by Crippen LogP contribution is 2.28. The van der Waals surface area contributed by atoms with E-state index in [1.165, 1.54) is 0 Å². The Hall–Kier alpha value is -2.82. The van der Waals surface area contributed by atoms with Crippen molar-refractivity contribution in [2.24, 2.45) is 5.92 Å². The van der Waals surface area contributed by atoms with Crippen molar-refractivity contribution < 1.29 is 14.3 Å². The minimum absolute atomic E-state index is 0.0769. The van der Waals surface area contributed by atoms with Crippen LogP contribution in [0.25, 0.3) is 0 Å². The SMILES string of the molecule is CCC(=O)N(c1ccccc1)[C@@H]1CCN(C(=O)OCc2ccccc2)C[C@H]1C. The average Bonchev–Trinajstić information content (AvgIpc) is 2.74. The van der Waals surface area contributed by atoms with Crippen LogP contribution in [0.5, 0.6) is 0 Å². The van der Waals surface area contributed by atoms with Crippen LogP contribution in [0.2, 0.25) is 0 Å². The number of piperidine rings is 1. The van der Waals surface area contributed by atoms with Crippen molar-refractivity contribution in [1.82, 2.24) is 4.90 Å². The number of ether oxygens (including phenoxy) is 1. The summed E-state index contributed by atoms with van der Waals surface area (Å²) in [5.74, 6) is 0.275. The summed E-state index contributed by atoms with van der Waals surface area (Å²) < 4.78 is 5.47. The number of para-hydroxylation sites is 1. The Labute approximate surface area is 166 Å². The first-order valence-corrected chi connectivity index (χ1v) is 9.93. The second-order valence-electron chi connectivity index (χ2n) is 7.27. The highest BCUT2D eigenvalue weighted by molar-refractivity contribution is 5.93. The minimum Gasteiger partial charge on any atom is -0.445 e. The molecule has 1 saturated heterocycles. The van der Waals surface area contributed by atoms with Gasteiger partial charge in [0.1, 0.15) is 6.61 Å². The number of carbonyl (C=O) groups is 2. The van der Waals surface area contributed by atoms with E-state index in [0.29, 0.717) is 19.5 Å². The smallest absolute Gasteiger partial charge is 0.410 e. The van der Waals surface area contributed by atoms with Gasteiger partial charge < -0.3 is 14.5 Å². The molecular formula is C23H28N2O3. The summed E-state index contributed by atoms with van der Waals surface area (Å²) in [6.07, 6.45) is 0.908. The molecule has 0 aliphatic carbocycles. The summed E-state index contributed by atoms with van der Waals surface area (Å²) in [5.41, 5.74) is 1.90. The molecule has 1 heterocycles. The lowest BCUT2D eigenvalue weighted by atomic mass is 9.91. The summed E-state index contributed by atoms with van der Waals surface area (Å²) in [6.45, 7) is 5.43. The van der Waals surface area contributed by atoms with Gasteiger partial charge in [-0.05, 0) is 30.0 Å². The zero-order valence-electron chi connectivity index (χ0n) is 16.6. The van der Waals surface area contributed by atoms with Crippen LogP contribution in [0.1, 0.15) is 32.3 Å². The van der Waals surface area contributed by atoms with Crippen molar-refractivity contribution in [3.05, 3.63) is 66.2 Å². The molecule has 1 aliphatic heterocycles. The molecule has 2 aromatic rings. The normalized spacial score (nSPS) is 19.1. The maximum absolute atomic E-state index is 12.7. The van der Waals surface area contributed by atoms with Crippen molar-refractivity contribution in [2.75, 3.05) is 18.0 Å². The van der Waals surface area contributed by atoms with Crippen molar-refractivity contribution in [2.45, 2.75) is 39.3 Å². The second-order valence-corrected chi connectivity index (χ2v) is 7.27. The first-order valence-electron chi connectivity index (χ1n) is 9.93. The van der Waals surface area contributed by atoms with Crippen LogP contribution < -0.4 is 4.90 Å². The van der Waals surface area contributed by atoms with Crippen LogP contribution in [0, 0.1) is 5.92 Å². The van der Waals surface area contributed by atoms with E-state index in [4.69, 9.17) is 4.74 Å². The number of amides is 2. The van der Waals surface area contributed by atoms with E-state index in [9.17, 15) is 9.59 Å². The zero-order chi connectivity index (χ0) is 19.9. The molecule has 5 heteroatoms. The molecule has 0 spiro atoms. The first kappa shape index (κ1) is 19.9. The first-order chi connectivity index (χ1) is 13.6. The van der Waals surface area contributed by atoms with Gasteiger partial charge in [-0.15, -0.1) is 0 Å². The molecule has 1 fully saturated rings. The maximum Gasteiger partial charge on any atom is 0.410 e. The van der Waals surface area contributed by atoms with Crippen LogP contribution in [-0.4, -0.2) is 36.0 Å². The maximum atomic E-state index is 12.7. The third kappa shape index (κ3) is 4.71. The number of rotatable bonds is 5. The average molecular weight is 380 g/mol. The van der Waals surface area contributed by atoms with E-state index in [-0.39, 0.29) is 30.6 Å². The summed E-state index contributed by atoms with van der Waals surface area (Å²) >= 11 is 0. The fourth-order valence-electron chi connectivity index (χ4n) is 3.77. The van der Waals surface area contributed by atoms with Gasteiger partial charge in [-0.3, -0.25) is 4.79 Å². The lowest BCUT2D eigenvalue weighted by Crippen LogP contribution is -2.53. The van der Waals surface area contributed by atoms with Gasteiger partial charge in [-0.2, -0.15) is 0 Å². The Morgan fingerprint density at radius 1 is 1.07 bits per heavy atom. The molecule has 1 aliphatic rings. The number of benzene rings is 2. The standard InChI is InChI=1S/C23H28N2O3/c1-3-22(26)25(20-12-8-5-9-13-20)21-14-15-24(16-18(21)2)23(27)28-17-19-10-6-4-7-11-19/h4-13,18,21H,3,14-17H2,1-2H3/t18-,21-/m1/s1. The molecule has 2 amide bonds. The van der Waals surface area contributed by atoms with Crippen LogP contribution >= 0.6 is 0 Å². The van der Waals surface area contributed by atoms with E-state index in [0.717, 1.165) is 17.7 Å². The van der Waals surface area contributed by atoms with E-state index < -0.39 is 0 Å². The lowest BCUT2D eigenvalue weighted by Gasteiger charge is -2.42. The van der Waals surface area contributed by atoms with E-state index in [1.54, 1.807) is 4.90 Å². The topological polar surface area (TPSA) is 49.9 Å². The van der Waals surface area contributed by atoms with Gasteiger partial charge in [0.2, 0.25) is 5.91 Å². The largest absolute Gasteiger partial charge is 0.445 e. The summed E-state index contributed by atoms with van der Waals surface area (Å²) in [7, 11) is 0. The molecular weight excluding hydrogens is 352 g/mol. The van der Waals surface area contributed by atoms with Crippen LogP contribution in [-0.2, 0) is 16.1 Å². The monoisotopic (exact) mass is 380 g/mol.